The molecule has 0 saturated carbocycles. The zero-order valence-electron chi connectivity index (χ0n) is 20.0. The lowest BCUT2D eigenvalue weighted by Crippen LogP contribution is -2.39. The van der Waals surface area contributed by atoms with Gasteiger partial charge in [0.25, 0.3) is 5.91 Å². The number of amides is 1. The lowest BCUT2D eigenvalue weighted by molar-refractivity contribution is 0.0689. The first kappa shape index (κ1) is 22.9. The first-order chi connectivity index (χ1) is 18.0. The molecule has 0 aliphatic carbocycles. The summed E-state index contributed by atoms with van der Waals surface area (Å²) >= 11 is 0. The molecular weight excluding hydrogens is 475 g/mol. The average molecular weight is 499 g/mol. The number of hydrogen-bond acceptors (Lipinski definition) is 7. The molecule has 3 aromatic heterocycles. The average Bonchev–Trinajstić information content (AvgIpc) is 3.55. The summed E-state index contributed by atoms with van der Waals surface area (Å²) in [5, 5.41) is 12.8. The van der Waals surface area contributed by atoms with E-state index in [0.717, 1.165) is 16.8 Å². The second-order valence-corrected chi connectivity index (χ2v) is 8.96. The molecule has 2 N–H and O–H groups in total. The fraction of sp³-hybridized carbons (Fsp3) is 0.185. The molecule has 0 atom stereocenters. The maximum Gasteiger partial charge on any atom is 0.270 e. The summed E-state index contributed by atoms with van der Waals surface area (Å²) in [6.07, 6.45) is 5.05. The largest absolute Gasteiger partial charge is 0.443 e. The van der Waals surface area contributed by atoms with Crippen LogP contribution in [0.4, 0.5) is 16.0 Å². The highest BCUT2D eigenvalue weighted by Gasteiger charge is 2.27. The van der Waals surface area contributed by atoms with Crippen molar-refractivity contribution < 1.29 is 18.7 Å². The van der Waals surface area contributed by atoms with Crippen molar-refractivity contribution in [3.8, 4) is 11.3 Å². The summed E-state index contributed by atoms with van der Waals surface area (Å²) < 4.78 is 21.1. The lowest BCUT2D eigenvalue weighted by atomic mass is 10.1. The first-order valence-electron chi connectivity index (χ1n) is 11.8. The van der Waals surface area contributed by atoms with E-state index in [2.05, 4.69) is 15.3 Å². The highest BCUT2D eigenvalue weighted by atomic mass is 19.1. The minimum absolute atomic E-state index is 0.159. The van der Waals surface area contributed by atoms with Crippen molar-refractivity contribution >= 4 is 28.6 Å². The molecule has 1 aliphatic heterocycles. The number of para-hydroxylation sites is 1. The number of benzene rings is 2. The summed E-state index contributed by atoms with van der Waals surface area (Å²) in [7, 11) is 0. The number of aryl methyl sites for hydroxylation is 1. The van der Waals surface area contributed by atoms with E-state index in [4.69, 9.17) is 9.40 Å². The molecule has 10 heteroatoms. The molecule has 5 aromatic rings. The van der Waals surface area contributed by atoms with E-state index < -0.39 is 5.82 Å². The number of nitrogens with one attached hydrogen (secondary N) is 1. The van der Waals surface area contributed by atoms with Gasteiger partial charge in [0.1, 0.15) is 17.0 Å². The van der Waals surface area contributed by atoms with Gasteiger partial charge >= 0.3 is 0 Å². The Morgan fingerprint density at radius 2 is 2.03 bits per heavy atom. The van der Waals surface area contributed by atoms with Gasteiger partial charge in [-0.25, -0.2) is 19.3 Å². The van der Waals surface area contributed by atoms with Crippen LogP contribution in [0.1, 0.15) is 27.2 Å². The Balaban J connectivity index is 1.28. The normalized spacial score (nSPS) is 13.3. The minimum atomic E-state index is -0.397. The summed E-state index contributed by atoms with van der Waals surface area (Å²) in [5.41, 5.74) is 6.17. The zero-order valence-corrected chi connectivity index (χ0v) is 20.0. The highest BCUT2D eigenvalue weighted by molar-refractivity contribution is 5.95. The van der Waals surface area contributed by atoms with Crippen molar-refractivity contribution in [2.24, 2.45) is 0 Å². The molecule has 37 heavy (non-hydrogen) atoms. The van der Waals surface area contributed by atoms with Crippen molar-refractivity contribution in [3.05, 3.63) is 89.5 Å². The van der Waals surface area contributed by atoms with Crippen LogP contribution in [0, 0.1) is 12.7 Å². The second kappa shape index (κ2) is 9.14. The fourth-order valence-electron chi connectivity index (χ4n) is 4.65. The Kier molecular flexibility index (Phi) is 5.65. The van der Waals surface area contributed by atoms with Crippen LogP contribution in [0.5, 0.6) is 0 Å². The Morgan fingerprint density at radius 1 is 1.14 bits per heavy atom. The third-order valence-corrected chi connectivity index (χ3v) is 6.57. The van der Waals surface area contributed by atoms with Gasteiger partial charge in [-0.3, -0.25) is 4.79 Å². The fourth-order valence-corrected chi connectivity index (χ4v) is 4.65. The molecule has 1 amide bonds. The van der Waals surface area contributed by atoms with Crippen LogP contribution in [-0.2, 0) is 19.7 Å². The number of aliphatic hydroxyl groups excluding tert-OH is 1. The summed E-state index contributed by atoms with van der Waals surface area (Å²) in [4.78, 5) is 28.4. The third-order valence-electron chi connectivity index (χ3n) is 6.57. The summed E-state index contributed by atoms with van der Waals surface area (Å²) in [5.74, 6) is -0.157. The van der Waals surface area contributed by atoms with Crippen LogP contribution in [0.2, 0.25) is 0 Å². The summed E-state index contributed by atoms with van der Waals surface area (Å²) in [6.45, 7) is 2.99. The molecule has 186 valence electrons. The maximum absolute atomic E-state index is 13.8. The molecule has 9 nitrogen and oxygen atoms in total. The van der Waals surface area contributed by atoms with Gasteiger partial charge in [-0.1, -0.05) is 12.1 Å². The number of nitrogens with zero attached hydrogens (tertiary/aromatic N) is 5. The molecule has 6 rings (SSSR count). The Bertz CT molecular complexity index is 1640. The van der Waals surface area contributed by atoms with E-state index >= 15 is 0 Å². The van der Waals surface area contributed by atoms with Gasteiger partial charge in [0.15, 0.2) is 12.0 Å². The van der Waals surface area contributed by atoms with E-state index in [1.807, 2.05) is 42.0 Å². The number of halogens is 1. The molecule has 0 saturated heterocycles. The van der Waals surface area contributed by atoms with Gasteiger partial charge in [0, 0.05) is 37.6 Å². The predicted molar refractivity (Wildman–Crippen MR) is 135 cm³/mol. The number of aliphatic hydroxyl groups is 1. The molecule has 0 fully saturated rings. The van der Waals surface area contributed by atoms with E-state index in [1.165, 1.54) is 18.5 Å². The van der Waals surface area contributed by atoms with Crippen LogP contribution < -0.4 is 5.32 Å². The zero-order chi connectivity index (χ0) is 25.5. The van der Waals surface area contributed by atoms with Crippen molar-refractivity contribution in [2.45, 2.75) is 26.6 Å². The SMILES string of the molecule is Cc1cnc(Nc2cccc3ocnc23)nc1-c1cc2n(c1)CCN(Cc1cc(F)ccc1CO)C2=O. The Labute approximate surface area is 211 Å². The molecular formula is C27H23FN6O3. The van der Waals surface area contributed by atoms with Crippen LogP contribution in [0.25, 0.3) is 22.4 Å². The molecule has 0 spiro atoms. The van der Waals surface area contributed by atoms with Crippen LogP contribution in [0.15, 0.2) is 65.7 Å². The van der Waals surface area contributed by atoms with Gasteiger partial charge in [-0.15, -0.1) is 0 Å². The first-order valence-corrected chi connectivity index (χ1v) is 11.8. The maximum atomic E-state index is 13.8. The lowest BCUT2D eigenvalue weighted by Gasteiger charge is -2.29. The molecule has 1 aliphatic rings. The van der Waals surface area contributed by atoms with E-state index in [1.54, 1.807) is 17.2 Å². The van der Waals surface area contributed by atoms with Gasteiger partial charge < -0.3 is 24.3 Å². The predicted octanol–water partition coefficient (Wildman–Crippen LogP) is 4.43. The van der Waals surface area contributed by atoms with Crippen molar-refractivity contribution in [1.82, 2.24) is 24.4 Å². The Morgan fingerprint density at radius 3 is 2.89 bits per heavy atom. The highest BCUT2D eigenvalue weighted by Crippen LogP contribution is 2.29. The van der Waals surface area contributed by atoms with Gasteiger partial charge in [0.05, 0.1) is 18.0 Å². The smallest absolute Gasteiger partial charge is 0.270 e. The number of hydrogen-bond donors (Lipinski definition) is 2. The summed E-state index contributed by atoms with van der Waals surface area (Å²) in [6, 6.07) is 11.6. The number of carbonyl (C=O) groups excluding carboxylic acids is 1. The monoisotopic (exact) mass is 498 g/mol. The number of rotatable bonds is 6. The number of fused-ring (bicyclic) bond motifs is 2. The van der Waals surface area contributed by atoms with Crippen LogP contribution in [0.3, 0.4) is 0 Å². The van der Waals surface area contributed by atoms with Gasteiger partial charge in [-0.05, 0) is 53.9 Å². The third kappa shape index (κ3) is 4.21. The van der Waals surface area contributed by atoms with E-state index in [-0.39, 0.29) is 19.1 Å². The second-order valence-electron chi connectivity index (χ2n) is 8.96. The number of carbonyl (C=O) groups is 1. The Hall–Kier alpha value is -4.57. The van der Waals surface area contributed by atoms with Gasteiger partial charge in [-0.2, -0.15) is 0 Å². The topological polar surface area (TPSA) is 109 Å². The van der Waals surface area contributed by atoms with Crippen LogP contribution >= 0.6 is 0 Å². The number of anilines is 2. The standard InChI is InChI=1S/C27H23FN6O3/c1-16-11-29-27(31-21-3-2-4-23-25(21)30-15-37-23)32-24(16)19-10-22-26(36)34(8-7-33(22)13-19)12-18-9-20(28)6-5-17(18)14-35/h2-6,9-11,13,15,35H,7-8,12,14H2,1H3,(H,29,31,32). The van der Waals surface area contributed by atoms with Crippen LogP contribution in [-0.4, -0.2) is 42.0 Å². The number of aromatic nitrogens is 4. The quantitative estimate of drug-likeness (QED) is 0.357. The molecule has 2 aromatic carbocycles. The molecule has 0 radical (unpaired) electrons. The van der Waals surface area contributed by atoms with E-state index in [0.29, 0.717) is 52.7 Å². The van der Waals surface area contributed by atoms with Crippen molar-refractivity contribution in [3.63, 3.8) is 0 Å². The van der Waals surface area contributed by atoms with Gasteiger partial charge in [0.2, 0.25) is 5.95 Å². The van der Waals surface area contributed by atoms with Crippen molar-refractivity contribution in [1.29, 1.82) is 0 Å². The molecule has 0 unspecified atom stereocenters. The minimum Gasteiger partial charge on any atom is -0.443 e. The number of oxazole rings is 1. The molecule has 4 heterocycles. The van der Waals surface area contributed by atoms with E-state index in [9.17, 15) is 14.3 Å². The molecule has 0 bridgehead atoms. The van der Waals surface area contributed by atoms with Crippen molar-refractivity contribution in [2.75, 3.05) is 11.9 Å².